The fourth-order valence-electron chi connectivity index (χ4n) is 1.57. The highest BCUT2D eigenvalue weighted by Crippen LogP contribution is 2.04. The second kappa shape index (κ2) is 8.82. The minimum atomic E-state index is -0.469. The minimum Gasteiger partial charge on any atom is -0.501 e. The number of hydrogen-bond acceptors (Lipinski definition) is 2. The van der Waals surface area contributed by atoms with Crippen LogP contribution in [0.5, 0.6) is 0 Å². The largest absolute Gasteiger partial charge is 0.501 e. The van der Waals surface area contributed by atoms with Crippen LogP contribution in [0.25, 0.3) is 0 Å². The van der Waals surface area contributed by atoms with Gasteiger partial charge in [-0.25, -0.2) is 0 Å². The Morgan fingerprint density at radius 3 is 2.71 bits per heavy atom. The van der Waals surface area contributed by atoms with Crippen molar-refractivity contribution in [3.63, 3.8) is 0 Å². The summed E-state index contributed by atoms with van der Waals surface area (Å²) in [5.41, 5.74) is 1.13. The first kappa shape index (κ1) is 13.8. The monoisotopic (exact) mass is 234 g/mol. The Hall–Kier alpha value is -1.28. The number of unbranched alkanes of at least 4 members (excludes halogenated alkanes) is 2. The molecule has 1 rings (SSSR count). The highest BCUT2D eigenvalue weighted by Gasteiger charge is 2.00. The van der Waals surface area contributed by atoms with Gasteiger partial charge in [-0.05, 0) is 18.1 Å². The summed E-state index contributed by atoms with van der Waals surface area (Å²) in [4.78, 5) is 0. The molecule has 0 bridgehead atoms. The van der Waals surface area contributed by atoms with Gasteiger partial charge in [-0.2, -0.15) is 0 Å². The molecule has 1 aromatic rings. The van der Waals surface area contributed by atoms with Crippen molar-refractivity contribution in [2.45, 2.75) is 38.7 Å². The second-order valence-electron chi connectivity index (χ2n) is 4.16. The number of aliphatic hydroxyl groups excluding tert-OH is 1. The Kier molecular flexibility index (Phi) is 7.15. The normalized spacial score (nSPS) is 12.8. The summed E-state index contributed by atoms with van der Waals surface area (Å²) in [5, 5.41) is 9.74. The van der Waals surface area contributed by atoms with E-state index in [1.807, 2.05) is 30.3 Å². The lowest BCUT2D eigenvalue weighted by molar-refractivity contribution is 0.205. The Balaban J connectivity index is 2.16. The minimum absolute atomic E-state index is 0.469. The molecule has 0 heterocycles. The molecular weight excluding hydrogens is 212 g/mol. The molecule has 0 saturated carbocycles. The summed E-state index contributed by atoms with van der Waals surface area (Å²) in [6, 6.07) is 9.96. The Labute approximate surface area is 104 Å². The lowest BCUT2D eigenvalue weighted by Crippen LogP contribution is -2.06. The van der Waals surface area contributed by atoms with Crippen molar-refractivity contribution in [1.29, 1.82) is 0 Å². The van der Waals surface area contributed by atoms with Gasteiger partial charge in [0.25, 0.3) is 0 Å². The van der Waals surface area contributed by atoms with E-state index in [2.05, 4.69) is 6.92 Å². The van der Waals surface area contributed by atoms with E-state index < -0.39 is 6.10 Å². The van der Waals surface area contributed by atoms with Gasteiger partial charge in [-0.3, -0.25) is 0 Å². The van der Waals surface area contributed by atoms with Crippen LogP contribution in [-0.4, -0.2) is 17.8 Å². The predicted octanol–water partition coefficient (Wildman–Crippen LogP) is 3.31. The topological polar surface area (TPSA) is 29.5 Å². The SMILES string of the molecule is CCCCCOC=CC(O)Cc1ccccc1. The van der Waals surface area contributed by atoms with Crippen LogP contribution in [0.4, 0.5) is 0 Å². The molecule has 0 amide bonds. The van der Waals surface area contributed by atoms with E-state index in [1.165, 1.54) is 12.8 Å². The molecule has 0 aliphatic rings. The summed E-state index contributed by atoms with van der Waals surface area (Å²) in [6.07, 6.45) is 6.96. The van der Waals surface area contributed by atoms with Gasteiger partial charge >= 0.3 is 0 Å². The molecule has 0 spiro atoms. The maximum atomic E-state index is 9.74. The van der Waals surface area contributed by atoms with Crippen molar-refractivity contribution in [3.8, 4) is 0 Å². The van der Waals surface area contributed by atoms with Crippen molar-refractivity contribution in [2.24, 2.45) is 0 Å². The van der Waals surface area contributed by atoms with Crippen molar-refractivity contribution in [2.75, 3.05) is 6.61 Å². The van der Waals surface area contributed by atoms with Gasteiger partial charge in [0.15, 0.2) is 0 Å². The summed E-state index contributed by atoms with van der Waals surface area (Å²) >= 11 is 0. The number of aliphatic hydroxyl groups is 1. The number of benzene rings is 1. The molecule has 1 N–H and O–H groups in total. The first-order valence-corrected chi connectivity index (χ1v) is 6.33. The van der Waals surface area contributed by atoms with Crippen molar-refractivity contribution >= 4 is 0 Å². The third kappa shape index (κ3) is 6.80. The van der Waals surface area contributed by atoms with Crippen LogP contribution in [0, 0.1) is 0 Å². The third-order valence-corrected chi connectivity index (χ3v) is 2.55. The molecule has 94 valence electrons. The second-order valence-corrected chi connectivity index (χ2v) is 4.16. The Morgan fingerprint density at radius 1 is 1.24 bits per heavy atom. The molecule has 2 heteroatoms. The standard InChI is InChI=1S/C15H22O2/c1-2-3-7-11-17-12-10-15(16)13-14-8-5-4-6-9-14/h4-6,8-10,12,15-16H,2-3,7,11,13H2,1H3. The highest BCUT2D eigenvalue weighted by molar-refractivity contribution is 5.16. The van der Waals surface area contributed by atoms with Crippen LogP contribution in [-0.2, 0) is 11.2 Å². The van der Waals surface area contributed by atoms with E-state index in [-0.39, 0.29) is 0 Å². The maximum absolute atomic E-state index is 9.74. The third-order valence-electron chi connectivity index (χ3n) is 2.55. The predicted molar refractivity (Wildman–Crippen MR) is 70.8 cm³/mol. The first-order chi connectivity index (χ1) is 8.33. The van der Waals surface area contributed by atoms with Gasteiger partial charge < -0.3 is 9.84 Å². The molecule has 0 radical (unpaired) electrons. The van der Waals surface area contributed by atoms with Crippen molar-refractivity contribution in [1.82, 2.24) is 0 Å². The fraction of sp³-hybridized carbons (Fsp3) is 0.467. The van der Waals surface area contributed by atoms with Gasteiger partial charge in [-0.1, -0.05) is 50.1 Å². The van der Waals surface area contributed by atoms with E-state index in [0.717, 1.165) is 18.6 Å². The summed E-state index contributed by atoms with van der Waals surface area (Å²) in [6.45, 7) is 2.90. The molecule has 1 atom stereocenters. The lowest BCUT2D eigenvalue weighted by Gasteiger charge is -2.05. The number of ether oxygens (including phenoxy) is 1. The van der Waals surface area contributed by atoms with E-state index >= 15 is 0 Å². The molecule has 0 aliphatic heterocycles. The van der Waals surface area contributed by atoms with Gasteiger partial charge in [0.1, 0.15) is 0 Å². The maximum Gasteiger partial charge on any atom is 0.0873 e. The van der Waals surface area contributed by atoms with Crippen LogP contribution in [0.1, 0.15) is 31.7 Å². The van der Waals surface area contributed by atoms with Gasteiger partial charge in [0.05, 0.1) is 19.0 Å². The van der Waals surface area contributed by atoms with Crippen molar-refractivity contribution < 1.29 is 9.84 Å². The average molecular weight is 234 g/mol. The van der Waals surface area contributed by atoms with Crippen LogP contribution in [0.15, 0.2) is 42.7 Å². The van der Waals surface area contributed by atoms with Crippen LogP contribution < -0.4 is 0 Å². The quantitative estimate of drug-likeness (QED) is 0.552. The zero-order valence-corrected chi connectivity index (χ0v) is 10.5. The summed E-state index contributed by atoms with van der Waals surface area (Å²) < 4.78 is 5.30. The van der Waals surface area contributed by atoms with Gasteiger partial charge in [0, 0.05) is 6.42 Å². The fourth-order valence-corrected chi connectivity index (χ4v) is 1.57. The van der Waals surface area contributed by atoms with Gasteiger partial charge in [0.2, 0.25) is 0 Å². The smallest absolute Gasteiger partial charge is 0.0873 e. The lowest BCUT2D eigenvalue weighted by atomic mass is 10.1. The number of rotatable bonds is 8. The van der Waals surface area contributed by atoms with E-state index in [4.69, 9.17) is 4.74 Å². The number of hydrogen-bond donors (Lipinski definition) is 1. The van der Waals surface area contributed by atoms with E-state index in [0.29, 0.717) is 6.42 Å². The summed E-state index contributed by atoms with van der Waals surface area (Å²) in [5.74, 6) is 0. The van der Waals surface area contributed by atoms with Crippen LogP contribution >= 0.6 is 0 Å². The molecule has 2 nitrogen and oxygen atoms in total. The molecule has 0 fully saturated rings. The highest BCUT2D eigenvalue weighted by atomic mass is 16.5. The average Bonchev–Trinajstić information content (AvgIpc) is 2.35. The molecule has 1 unspecified atom stereocenters. The molecule has 1 aromatic carbocycles. The Morgan fingerprint density at radius 2 is 2.00 bits per heavy atom. The van der Waals surface area contributed by atoms with Crippen molar-refractivity contribution in [3.05, 3.63) is 48.2 Å². The zero-order chi connectivity index (χ0) is 12.3. The molecule has 0 aromatic heterocycles. The summed E-state index contributed by atoms with van der Waals surface area (Å²) in [7, 11) is 0. The molecule has 17 heavy (non-hydrogen) atoms. The molecular formula is C15H22O2. The first-order valence-electron chi connectivity index (χ1n) is 6.33. The molecule has 0 saturated heterocycles. The molecule has 0 aliphatic carbocycles. The van der Waals surface area contributed by atoms with Gasteiger partial charge in [-0.15, -0.1) is 0 Å². The van der Waals surface area contributed by atoms with E-state index in [1.54, 1.807) is 12.3 Å². The van der Waals surface area contributed by atoms with E-state index in [9.17, 15) is 5.11 Å². The van der Waals surface area contributed by atoms with Crippen LogP contribution in [0.2, 0.25) is 0 Å². The Bertz CT molecular complexity index is 306. The zero-order valence-electron chi connectivity index (χ0n) is 10.5. The van der Waals surface area contributed by atoms with Crippen LogP contribution in [0.3, 0.4) is 0 Å².